The Morgan fingerprint density at radius 2 is 1.63 bits per heavy atom. The monoisotopic (exact) mass is 571 g/mol. The highest BCUT2D eigenvalue weighted by atomic mass is 35.5. The number of amides is 5. The van der Waals surface area contributed by atoms with Crippen LogP contribution in [0, 0.1) is 23.7 Å². The third-order valence-corrected chi connectivity index (χ3v) is 9.25. The van der Waals surface area contributed by atoms with Crippen molar-refractivity contribution in [2.45, 2.75) is 100 Å². The number of alkyl halides is 2. The molecule has 1 aliphatic heterocycles. The second kappa shape index (κ2) is 10.8. The minimum Gasteiger partial charge on any atom is -0.363 e. The molecule has 0 spiro atoms. The van der Waals surface area contributed by atoms with Crippen molar-refractivity contribution in [2.24, 2.45) is 29.4 Å². The highest BCUT2D eigenvalue weighted by Gasteiger charge is 2.74. The summed E-state index contributed by atoms with van der Waals surface area (Å²) in [6, 6.07) is -3.36. The fraction of sp³-hybridized carbons (Fsp3) is 0.808. The molecule has 0 radical (unpaired) electrons. The lowest BCUT2D eigenvalue weighted by Crippen LogP contribution is -2.61. The Morgan fingerprint density at radius 3 is 2.18 bits per heavy atom. The lowest BCUT2D eigenvalue weighted by Gasteiger charge is -2.37. The number of fused-ring (bicyclic) bond motifs is 1. The van der Waals surface area contributed by atoms with Gasteiger partial charge in [-0.1, -0.05) is 32.1 Å². The predicted molar refractivity (Wildman–Crippen MR) is 142 cm³/mol. The fourth-order valence-corrected chi connectivity index (χ4v) is 6.85. The first-order chi connectivity index (χ1) is 17.7. The number of nitrogens with zero attached hydrogens (tertiary/aromatic N) is 1. The number of halogens is 2. The Morgan fingerprint density at radius 1 is 1.00 bits per heavy atom. The van der Waals surface area contributed by atoms with E-state index in [9.17, 15) is 24.0 Å². The molecule has 5 amide bonds. The number of primary amides is 1. The van der Waals surface area contributed by atoms with Crippen molar-refractivity contribution in [3.8, 4) is 0 Å². The Kier molecular flexibility index (Phi) is 8.25. The summed E-state index contributed by atoms with van der Waals surface area (Å²) in [5.74, 6) is -3.59. The number of urea groups is 1. The number of rotatable bonds is 9. The maximum Gasteiger partial charge on any atom is 0.315 e. The van der Waals surface area contributed by atoms with Crippen molar-refractivity contribution >= 4 is 52.7 Å². The van der Waals surface area contributed by atoms with Gasteiger partial charge >= 0.3 is 6.03 Å². The summed E-state index contributed by atoms with van der Waals surface area (Å²) in [5, 5.41) is 8.41. The van der Waals surface area contributed by atoms with Crippen LogP contribution in [0.25, 0.3) is 0 Å². The molecule has 0 bridgehead atoms. The number of ketones is 1. The molecule has 212 valence electrons. The van der Waals surface area contributed by atoms with Crippen LogP contribution in [0.15, 0.2) is 0 Å². The van der Waals surface area contributed by atoms with Crippen molar-refractivity contribution in [1.29, 1.82) is 0 Å². The zero-order chi connectivity index (χ0) is 28.0. The summed E-state index contributed by atoms with van der Waals surface area (Å²) >= 11 is 12.9. The Hall–Kier alpha value is -2.07. The topological polar surface area (TPSA) is 151 Å². The normalized spacial score (nSPS) is 28.0. The highest BCUT2D eigenvalue weighted by molar-refractivity contribution is 6.51. The molecule has 5 atom stereocenters. The second-order valence-electron chi connectivity index (χ2n) is 12.4. The maximum atomic E-state index is 14.0. The van der Waals surface area contributed by atoms with Crippen molar-refractivity contribution in [3.63, 3.8) is 0 Å². The smallest absolute Gasteiger partial charge is 0.315 e. The van der Waals surface area contributed by atoms with Crippen molar-refractivity contribution in [1.82, 2.24) is 20.9 Å². The Labute approximate surface area is 233 Å². The summed E-state index contributed by atoms with van der Waals surface area (Å²) in [6.45, 7) is 5.72. The standard InChI is InChI=1S/C26H39Cl2N5O5/c1-25(2,3)32-24(38)31-18(14-7-5-4-6-8-14)23(37)33-12-15-17(26(15,27)28)19(33)22(36)30-16(11-13-9-10-13)20(34)21(29)35/h13-19H,4-12H2,1-3H3,(H2,29,35)(H,30,36)(H2,31,32,38)/t15-,16?,17-,18-,19-/m0/s1. The molecule has 3 saturated carbocycles. The quantitative estimate of drug-likeness (QED) is 0.246. The first-order valence-electron chi connectivity index (χ1n) is 13.6. The summed E-state index contributed by atoms with van der Waals surface area (Å²) in [7, 11) is 0. The average Bonchev–Trinajstić information content (AvgIpc) is 3.68. The Bertz CT molecular complexity index is 989. The van der Waals surface area contributed by atoms with Crippen LogP contribution in [0.3, 0.4) is 0 Å². The van der Waals surface area contributed by atoms with Gasteiger partial charge in [0.2, 0.25) is 17.6 Å². The molecule has 12 heteroatoms. The Balaban J connectivity index is 1.55. The van der Waals surface area contributed by atoms with Crippen molar-refractivity contribution in [2.75, 3.05) is 6.54 Å². The van der Waals surface area contributed by atoms with Crippen LogP contribution >= 0.6 is 23.2 Å². The number of likely N-dealkylation sites (tertiary alicyclic amines) is 1. The zero-order valence-electron chi connectivity index (χ0n) is 22.2. The van der Waals surface area contributed by atoms with Crippen molar-refractivity contribution < 1.29 is 24.0 Å². The van der Waals surface area contributed by atoms with E-state index in [4.69, 9.17) is 28.9 Å². The SMILES string of the molecule is CC(C)(C)NC(=O)N[C@H](C(=O)N1C[C@H]2[C@@H]([C@H]1C(=O)NC(CC1CC1)C(=O)C(N)=O)C2(Cl)Cl)C1CCCCC1. The predicted octanol–water partition coefficient (Wildman–Crippen LogP) is 2.00. The van der Waals surface area contributed by atoms with Gasteiger partial charge in [0, 0.05) is 23.9 Å². The van der Waals surface area contributed by atoms with Crippen LogP contribution in [0.4, 0.5) is 4.79 Å². The lowest BCUT2D eigenvalue weighted by atomic mass is 9.83. The number of piperidine rings is 1. The molecular weight excluding hydrogens is 533 g/mol. The second-order valence-corrected chi connectivity index (χ2v) is 13.9. The number of nitrogens with one attached hydrogen (secondary N) is 3. The van der Waals surface area contributed by atoms with Gasteiger partial charge in [-0.15, -0.1) is 23.2 Å². The molecule has 5 N–H and O–H groups in total. The largest absolute Gasteiger partial charge is 0.363 e. The van der Waals surface area contributed by atoms with Gasteiger partial charge < -0.3 is 26.6 Å². The van der Waals surface area contributed by atoms with E-state index in [-0.39, 0.29) is 30.2 Å². The van der Waals surface area contributed by atoms with E-state index in [0.717, 1.165) is 44.9 Å². The van der Waals surface area contributed by atoms with Gasteiger partial charge in [-0.25, -0.2) is 4.79 Å². The minimum absolute atomic E-state index is 0.0709. The maximum absolute atomic E-state index is 14.0. The van der Waals surface area contributed by atoms with Gasteiger partial charge in [0.25, 0.3) is 5.91 Å². The molecule has 4 fully saturated rings. The number of Topliss-reactive ketones (excluding diaryl/α,β-unsaturated/α-hetero) is 1. The molecule has 0 aromatic rings. The minimum atomic E-state index is -1.17. The lowest BCUT2D eigenvalue weighted by molar-refractivity contribution is -0.144. The van der Waals surface area contributed by atoms with Crippen LogP contribution in [-0.4, -0.2) is 69.0 Å². The van der Waals surface area contributed by atoms with E-state index in [1.165, 1.54) is 4.90 Å². The number of nitrogens with two attached hydrogens (primary N) is 1. The number of carbonyl (C=O) groups is 5. The van der Waals surface area contributed by atoms with Crippen LogP contribution < -0.4 is 21.7 Å². The van der Waals surface area contributed by atoms with Gasteiger partial charge in [0.05, 0.1) is 6.04 Å². The van der Waals surface area contributed by atoms with E-state index in [1.54, 1.807) is 0 Å². The van der Waals surface area contributed by atoms with Gasteiger partial charge in [-0.05, 0) is 51.9 Å². The van der Waals surface area contributed by atoms with E-state index in [1.807, 2.05) is 20.8 Å². The van der Waals surface area contributed by atoms with Gasteiger partial charge in [0.1, 0.15) is 16.4 Å². The summed E-state index contributed by atoms with van der Waals surface area (Å²) in [6.07, 6.45) is 6.69. The van der Waals surface area contributed by atoms with Crippen molar-refractivity contribution in [3.05, 3.63) is 0 Å². The molecule has 1 heterocycles. The van der Waals surface area contributed by atoms with E-state index in [2.05, 4.69) is 16.0 Å². The molecule has 3 aliphatic carbocycles. The van der Waals surface area contributed by atoms with E-state index in [0.29, 0.717) is 6.42 Å². The van der Waals surface area contributed by atoms with Crippen LogP contribution in [0.1, 0.15) is 72.1 Å². The number of hydrogen-bond donors (Lipinski definition) is 4. The molecule has 38 heavy (non-hydrogen) atoms. The third-order valence-electron chi connectivity index (χ3n) is 8.19. The average molecular weight is 573 g/mol. The molecule has 10 nitrogen and oxygen atoms in total. The summed E-state index contributed by atoms with van der Waals surface area (Å²) in [5.41, 5.74) is 4.74. The fourth-order valence-electron chi connectivity index (χ4n) is 6.03. The van der Waals surface area contributed by atoms with Crippen LogP contribution in [0.2, 0.25) is 0 Å². The number of carbonyl (C=O) groups excluding carboxylic acids is 5. The molecule has 1 saturated heterocycles. The third kappa shape index (κ3) is 6.38. The molecular formula is C26H39Cl2N5O5. The van der Waals surface area contributed by atoms with E-state index >= 15 is 0 Å². The van der Waals surface area contributed by atoms with Gasteiger partial charge in [0.15, 0.2) is 0 Å². The molecule has 0 aromatic heterocycles. The van der Waals surface area contributed by atoms with Gasteiger partial charge in [-0.3, -0.25) is 19.2 Å². The molecule has 4 rings (SSSR count). The van der Waals surface area contributed by atoms with Gasteiger partial charge in [-0.2, -0.15) is 0 Å². The molecule has 0 aromatic carbocycles. The molecule has 4 aliphatic rings. The first kappa shape index (κ1) is 28.9. The summed E-state index contributed by atoms with van der Waals surface area (Å²) in [4.78, 5) is 66.0. The highest BCUT2D eigenvalue weighted by Crippen LogP contribution is 2.65. The first-order valence-corrected chi connectivity index (χ1v) is 14.4. The number of hydrogen-bond acceptors (Lipinski definition) is 5. The summed E-state index contributed by atoms with van der Waals surface area (Å²) < 4.78 is -1.17. The van der Waals surface area contributed by atoms with Crippen LogP contribution in [0.5, 0.6) is 0 Å². The van der Waals surface area contributed by atoms with Crippen LogP contribution in [-0.2, 0) is 19.2 Å². The van der Waals surface area contributed by atoms with E-state index < -0.39 is 57.5 Å². The molecule has 1 unspecified atom stereocenters. The zero-order valence-corrected chi connectivity index (χ0v) is 23.7.